The van der Waals surface area contributed by atoms with E-state index in [2.05, 4.69) is 22.0 Å². The van der Waals surface area contributed by atoms with E-state index in [0.717, 1.165) is 46.3 Å². The van der Waals surface area contributed by atoms with Crippen LogP contribution in [0, 0.1) is 11.3 Å². The number of benzene rings is 1. The Morgan fingerprint density at radius 3 is 2.58 bits per heavy atom. The van der Waals surface area contributed by atoms with Crippen LogP contribution in [-0.2, 0) is 0 Å². The predicted octanol–water partition coefficient (Wildman–Crippen LogP) is 5.11. The van der Waals surface area contributed by atoms with Gasteiger partial charge in [0.2, 0.25) is 5.88 Å². The van der Waals surface area contributed by atoms with Crippen molar-refractivity contribution in [3.8, 4) is 23.1 Å². The molecule has 31 heavy (non-hydrogen) atoms. The summed E-state index contributed by atoms with van der Waals surface area (Å²) in [6, 6.07) is 16.3. The molecule has 3 aromatic heterocycles. The number of pyridine rings is 3. The number of aromatic nitrogens is 3. The topological polar surface area (TPSA) is 74.9 Å². The first-order valence-corrected chi connectivity index (χ1v) is 10.8. The second-order valence-corrected chi connectivity index (χ2v) is 7.69. The minimum Gasteiger partial charge on any atom is -0.477 e. The lowest BCUT2D eigenvalue weighted by atomic mass is 9.97. The highest BCUT2D eigenvalue weighted by Gasteiger charge is 2.21. The van der Waals surface area contributed by atoms with Crippen molar-refractivity contribution in [3.05, 3.63) is 54.2 Å². The zero-order valence-corrected chi connectivity index (χ0v) is 17.5. The van der Waals surface area contributed by atoms with Crippen molar-refractivity contribution in [2.45, 2.75) is 26.2 Å². The van der Waals surface area contributed by atoms with E-state index in [9.17, 15) is 5.26 Å². The third-order valence-corrected chi connectivity index (χ3v) is 5.75. The maximum absolute atomic E-state index is 10.0. The SMILES string of the molecule is CCOc1nc2nc3ccnc(N4CCCCC4)c3cc2c(-c2ccccc2)c1C#N. The molecule has 0 radical (unpaired) electrons. The van der Waals surface area contributed by atoms with Crippen LogP contribution in [0.2, 0.25) is 0 Å². The summed E-state index contributed by atoms with van der Waals surface area (Å²) in [5.74, 6) is 1.28. The third-order valence-electron chi connectivity index (χ3n) is 5.75. The molecule has 1 aliphatic rings. The number of ether oxygens (including phenoxy) is 1. The van der Waals surface area contributed by atoms with Gasteiger partial charge in [0.15, 0.2) is 5.65 Å². The molecule has 0 spiro atoms. The van der Waals surface area contributed by atoms with Gasteiger partial charge in [0.1, 0.15) is 17.5 Å². The summed E-state index contributed by atoms with van der Waals surface area (Å²) in [5, 5.41) is 11.8. The maximum Gasteiger partial charge on any atom is 0.234 e. The Bertz CT molecular complexity index is 1290. The normalized spacial score (nSPS) is 14.0. The van der Waals surface area contributed by atoms with E-state index in [-0.39, 0.29) is 0 Å². The van der Waals surface area contributed by atoms with Crippen molar-refractivity contribution in [1.82, 2.24) is 15.0 Å². The van der Waals surface area contributed by atoms with Gasteiger partial charge < -0.3 is 9.64 Å². The zero-order chi connectivity index (χ0) is 21.2. The molecule has 1 saturated heterocycles. The molecule has 1 aliphatic heterocycles. The Kier molecular flexibility index (Phi) is 5.09. The first-order valence-electron chi connectivity index (χ1n) is 10.8. The highest BCUT2D eigenvalue weighted by Crippen LogP contribution is 2.38. The molecule has 0 N–H and O–H groups in total. The number of rotatable bonds is 4. The molecule has 0 atom stereocenters. The quantitative estimate of drug-likeness (QED) is 0.436. The van der Waals surface area contributed by atoms with Gasteiger partial charge in [0, 0.05) is 35.6 Å². The van der Waals surface area contributed by atoms with Crippen LogP contribution in [0.5, 0.6) is 5.88 Å². The fourth-order valence-corrected chi connectivity index (χ4v) is 4.34. The first kappa shape index (κ1) is 19.3. The van der Waals surface area contributed by atoms with E-state index in [0.29, 0.717) is 23.7 Å². The van der Waals surface area contributed by atoms with E-state index in [4.69, 9.17) is 14.7 Å². The highest BCUT2D eigenvalue weighted by molar-refractivity contribution is 6.04. The molecule has 0 saturated carbocycles. The van der Waals surface area contributed by atoms with Crippen LogP contribution < -0.4 is 9.64 Å². The average molecular weight is 409 g/mol. The summed E-state index contributed by atoms with van der Waals surface area (Å²) in [6.45, 7) is 4.32. The van der Waals surface area contributed by atoms with Crippen molar-refractivity contribution in [3.63, 3.8) is 0 Å². The number of nitriles is 1. The molecule has 0 bridgehead atoms. The van der Waals surface area contributed by atoms with E-state index >= 15 is 0 Å². The molecule has 0 unspecified atom stereocenters. The molecular formula is C25H23N5O. The summed E-state index contributed by atoms with van der Waals surface area (Å²) in [6.07, 6.45) is 5.42. The third kappa shape index (κ3) is 3.42. The smallest absolute Gasteiger partial charge is 0.234 e. The monoisotopic (exact) mass is 409 g/mol. The Balaban J connectivity index is 1.84. The van der Waals surface area contributed by atoms with Crippen molar-refractivity contribution in [2.24, 2.45) is 0 Å². The Hall–Kier alpha value is -3.72. The molecule has 154 valence electrons. The summed E-state index contributed by atoms with van der Waals surface area (Å²) in [7, 11) is 0. The Labute approximate surface area is 181 Å². The minimum atomic E-state index is 0.327. The van der Waals surface area contributed by atoms with E-state index < -0.39 is 0 Å². The second-order valence-electron chi connectivity index (χ2n) is 7.69. The summed E-state index contributed by atoms with van der Waals surface area (Å²) >= 11 is 0. The molecule has 6 nitrogen and oxygen atoms in total. The summed E-state index contributed by atoms with van der Waals surface area (Å²) in [4.78, 5) is 16.5. The molecule has 0 amide bonds. The van der Waals surface area contributed by atoms with Gasteiger partial charge in [-0.05, 0) is 43.9 Å². The van der Waals surface area contributed by atoms with Crippen LogP contribution in [-0.4, -0.2) is 34.6 Å². The predicted molar refractivity (Wildman–Crippen MR) is 122 cm³/mol. The Morgan fingerprint density at radius 1 is 1.03 bits per heavy atom. The first-order chi connectivity index (χ1) is 15.3. The largest absolute Gasteiger partial charge is 0.477 e. The maximum atomic E-state index is 10.0. The van der Waals surface area contributed by atoms with Crippen LogP contribution >= 0.6 is 0 Å². The molecule has 1 aromatic carbocycles. The van der Waals surface area contributed by atoms with E-state index in [1.165, 1.54) is 19.3 Å². The number of anilines is 1. The van der Waals surface area contributed by atoms with Gasteiger partial charge in [0.25, 0.3) is 0 Å². The van der Waals surface area contributed by atoms with Gasteiger partial charge in [-0.3, -0.25) is 0 Å². The average Bonchev–Trinajstić information content (AvgIpc) is 2.83. The standard InChI is InChI=1S/C25H23N5O/c1-2-31-25-20(16-26)22(17-9-5-3-6-10-17)19-15-18-21(28-23(19)29-25)11-12-27-24(18)30-13-7-4-8-14-30/h3,5-6,9-12,15H,2,4,7-8,13-14H2,1H3. The lowest BCUT2D eigenvalue weighted by molar-refractivity contribution is 0.327. The number of hydrogen-bond acceptors (Lipinski definition) is 6. The van der Waals surface area contributed by atoms with E-state index in [1.54, 1.807) is 0 Å². The van der Waals surface area contributed by atoms with Crippen molar-refractivity contribution in [1.29, 1.82) is 5.26 Å². The molecule has 4 aromatic rings. The molecular weight excluding hydrogens is 386 g/mol. The highest BCUT2D eigenvalue weighted by atomic mass is 16.5. The van der Waals surface area contributed by atoms with Crippen LogP contribution in [0.15, 0.2) is 48.7 Å². The summed E-state index contributed by atoms with van der Waals surface area (Å²) < 4.78 is 5.73. The van der Waals surface area contributed by atoms with Crippen LogP contribution in [0.1, 0.15) is 31.7 Å². The molecule has 6 heteroatoms. The number of hydrogen-bond donors (Lipinski definition) is 0. The molecule has 5 rings (SSSR count). The van der Waals surface area contributed by atoms with Crippen molar-refractivity contribution < 1.29 is 4.74 Å². The lowest BCUT2D eigenvalue weighted by Gasteiger charge is -2.28. The fraction of sp³-hybridized carbons (Fsp3) is 0.280. The molecule has 0 aliphatic carbocycles. The van der Waals surface area contributed by atoms with Gasteiger partial charge in [-0.15, -0.1) is 0 Å². The zero-order valence-electron chi connectivity index (χ0n) is 17.5. The van der Waals surface area contributed by atoms with E-state index in [1.807, 2.05) is 49.5 Å². The van der Waals surface area contributed by atoms with Gasteiger partial charge in [-0.2, -0.15) is 10.2 Å². The van der Waals surface area contributed by atoms with Gasteiger partial charge >= 0.3 is 0 Å². The Morgan fingerprint density at radius 2 is 1.84 bits per heavy atom. The number of nitrogens with zero attached hydrogens (tertiary/aromatic N) is 5. The van der Waals surface area contributed by atoms with Crippen LogP contribution in [0.25, 0.3) is 33.1 Å². The number of piperidine rings is 1. The van der Waals surface area contributed by atoms with Crippen LogP contribution in [0.3, 0.4) is 0 Å². The molecule has 4 heterocycles. The van der Waals surface area contributed by atoms with Crippen molar-refractivity contribution in [2.75, 3.05) is 24.6 Å². The minimum absolute atomic E-state index is 0.327. The summed E-state index contributed by atoms with van der Waals surface area (Å²) in [5.41, 5.74) is 3.60. The second kappa shape index (κ2) is 8.19. The number of fused-ring (bicyclic) bond motifs is 2. The molecule has 1 fully saturated rings. The lowest BCUT2D eigenvalue weighted by Crippen LogP contribution is -2.30. The fourth-order valence-electron chi connectivity index (χ4n) is 4.34. The van der Waals surface area contributed by atoms with Crippen molar-refractivity contribution >= 4 is 27.8 Å². The van der Waals surface area contributed by atoms with Crippen LogP contribution in [0.4, 0.5) is 5.82 Å². The van der Waals surface area contributed by atoms with Gasteiger partial charge in [-0.25, -0.2) is 9.97 Å². The van der Waals surface area contributed by atoms with Gasteiger partial charge in [0.05, 0.1) is 12.1 Å². The van der Waals surface area contributed by atoms with Gasteiger partial charge in [-0.1, -0.05) is 30.3 Å².